The van der Waals surface area contributed by atoms with Crippen molar-refractivity contribution in [1.82, 2.24) is 15.4 Å². The average molecular weight is 294 g/mol. The van der Waals surface area contributed by atoms with E-state index in [2.05, 4.69) is 15.4 Å². The number of nitrogens with zero attached hydrogens (tertiary/aromatic N) is 2. The standard InChI is InChI=1S/C15H26N4O2/c1-20-13-10-17-14(15(18-13)21-2)12(19-16)9-11-7-5-3-4-6-8-11/h10-12,19H,3-9,16H2,1-2H3. The maximum Gasteiger partial charge on any atom is 0.240 e. The largest absolute Gasteiger partial charge is 0.480 e. The third-order valence-electron chi connectivity index (χ3n) is 4.22. The highest BCUT2D eigenvalue weighted by molar-refractivity contribution is 5.25. The minimum absolute atomic E-state index is 0.0403. The number of nitrogens with one attached hydrogen (secondary N) is 1. The van der Waals surface area contributed by atoms with Crippen molar-refractivity contribution in [3.63, 3.8) is 0 Å². The SMILES string of the molecule is COc1cnc(C(CC2CCCCCC2)NN)c(OC)n1. The van der Waals surface area contributed by atoms with Crippen molar-refractivity contribution in [3.8, 4) is 11.8 Å². The van der Waals surface area contributed by atoms with E-state index in [0.29, 0.717) is 17.7 Å². The fourth-order valence-corrected chi connectivity index (χ4v) is 3.05. The minimum Gasteiger partial charge on any atom is -0.480 e. The Labute approximate surface area is 126 Å². The molecule has 1 aliphatic rings. The zero-order chi connectivity index (χ0) is 15.1. The van der Waals surface area contributed by atoms with E-state index in [1.807, 2.05) is 0 Å². The van der Waals surface area contributed by atoms with Crippen LogP contribution in [0, 0.1) is 5.92 Å². The molecule has 1 aromatic rings. The molecule has 1 atom stereocenters. The lowest BCUT2D eigenvalue weighted by molar-refractivity contribution is 0.324. The Morgan fingerprint density at radius 2 is 1.95 bits per heavy atom. The second kappa shape index (κ2) is 8.14. The number of rotatable bonds is 6. The topological polar surface area (TPSA) is 82.3 Å². The molecular weight excluding hydrogens is 268 g/mol. The van der Waals surface area contributed by atoms with E-state index >= 15 is 0 Å². The van der Waals surface area contributed by atoms with Gasteiger partial charge in [0.05, 0.1) is 26.5 Å². The molecule has 118 valence electrons. The summed E-state index contributed by atoms with van der Waals surface area (Å²) in [5.74, 6) is 7.36. The van der Waals surface area contributed by atoms with Crippen LogP contribution < -0.4 is 20.7 Å². The lowest BCUT2D eigenvalue weighted by atomic mass is 9.91. The molecule has 6 heteroatoms. The molecular formula is C15H26N4O2. The van der Waals surface area contributed by atoms with Crippen LogP contribution >= 0.6 is 0 Å². The van der Waals surface area contributed by atoms with Crippen LogP contribution in [0.15, 0.2) is 6.20 Å². The van der Waals surface area contributed by atoms with Crippen molar-refractivity contribution in [2.24, 2.45) is 11.8 Å². The summed E-state index contributed by atoms with van der Waals surface area (Å²) < 4.78 is 10.4. The molecule has 0 radical (unpaired) electrons. The van der Waals surface area contributed by atoms with Crippen LogP contribution in [0.2, 0.25) is 0 Å². The van der Waals surface area contributed by atoms with Crippen LogP contribution in [-0.2, 0) is 0 Å². The molecule has 0 saturated heterocycles. The number of aromatic nitrogens is 2. The summed E-state index contributed by atoms with van der Waals surface area (Å²) in [6, 6.07) is -0.0403. The lowest BCUT2D eigenvalue weighted by Gasteiger charge is -2.22. The first-order valence-corrected chi connectivity index (χ1v) is 7.69. The smallest absolute Gasteiger partial charge is 0.240 e. The molecule has 21 heavy (non-hydrogen) atoms. The molecule has 1 heterocycles. The molecule has 1 aromatic heterocycles. The minimum atomic E-state index is -0.0403. The van der Waals surface area contributed by atoms with E-state index in [1.54, 1.807) is 20.4 Å². The van der Waals surface area contributed by atoms with Gasteiger partial charge in [-0.05, 0) is 12.3 Å². The van der Waals surface area contributed by atoms with Gasteiger partial charge in [0.2, 0.25) is 11.8 Å². The molecule has 6 nitrogen and oxygen atoms in total. The number of hydrazine groups is 1. The van der Waals surface area contributed by atoms with Gasteiger partial charge < -0.3 is 9.47 Å². The number of hydrogen-bond donors (Lipinski definition) is 2. The maximum absolute atomic E-state index is 5.75. The average Bonchev–Trinajstić information content (AvgIpc) is 2.80. The molecule has 0 bridgehead atoms. The molecule has 3 N–H and O–H groups in total. The van der Waals surface area contributed by atoms with Gasteiger partial charge in [0.25, 0.3) is 0 Å². The fourth-order valence-electron chi connectivity index (χ4n) is 3.05. The van der Waals surface area contributed by atoms with Crippen LogP contribution in [0.4, 0.5) is 0 Å². The third kappa shape index (κ3) is 4.28. The summed E-state index contributed by atoms with van der Waals surface area (Å²) in [6.45, 7) is 0. The Hall–Kier alpha value is -1.40. The summed E-state index contributed by atoms with van der Waals surface area (Å²) >= 11 is 0. The van der Waals surface area contributed by atoms with Crippen molar-refractivity contribution in [3.05, 3.63) is 11.9 Å². The molecule has 0 spiro atoms. The van der Waals surface area contributed by atoms with Crippen LogP contribution in [0.5, 0.6) is 11.8 Å². The van der Waals surface area contributed by atoms with Crippen molar-refractivity contribution in [2.75, 3.05) is 14.2 Å². The molecule has 1 aliphatic carbocycles. The van der Waals surface area contributed by atoms with Crippen molar-refractivity contribution in [1.29, 1.82) is 0 Å². The lowest BCUT2D eigenvalue weighted by Crippen LogP contribution is -2.31. The van der Waals surface area contributed by atoms with Gasteiger partial charge in [-0.2, -0.15) is 4.98 Å². The second-order valence-electron chi connectivity index (χ2n) is 5.62. The Balaban J connectivity index is 2.12. The van der Waals surface area contributed by atoms with Gasteiger partial charge in [-0.15, -0.1) is 0 Å². The summed E-state index contributed by atoms with van der Waals surface area (Å²) in [6.07, 6.45) is 10.4. The molecule has 0 aromatic carbocycles. The van der Waals surface area contributed by atoms with E-state index in [9.17, 15) is 0 Å². The number of ether oxygens (including phenoxy) is 2. The normalized spacial score (nSPS) is 18.0. The zero-order valence-electron chi connectivity index (χ0n) is 13.0. The van der Waals surface area contributed by atoms with Gasteiger partial charge >= 0.3 is 0 Å². The van der Waals surface area contributed by atoms with Crippen molar-refractivity contribution in [2.45, 2.75) is 51.0 Å². The summed E-state index contributed by atoms with van der Waals surface area (Å²) in [5, 5.41) is 0. The number of hydrogen-bond acceptors (Lipinski definition) is 6. The Morgan fingerprint density at radius 3 is 2.52 bits per heavy atom. The molecule has 1 saturated carbocycles. The van der Waals surface area contributed by atoms with Gasteiger partial charge in [-0.3, -0.25) is 11.3 Å². The maximum atomic E-state index is 5.75. The van der Waals surface area contributed by atoms with Crippen LogP contribution in [0.3, 0.4) is 0 Å². The van der Waals surface area contributed by atoms with Crippen molar-refractivity contribution >= 4 is 0 Å². The first-order valence-electron chi connectivity index (χ1n) is 7.69. The quantitative estimate of drug-likeness (QED) is 0.476. The first kappa shape index (κ1) is 16.0. The first-order chi connectivity index (χ1) is 10.3. The van der Waals surface area contributed by atoms with Crippen LogP contribution in [0.1, 0.15) is 56.7 Å². The van der Waals surface area contributed by atoms with E-state index in [-0.39, 0.29) is 6.04 Å². The van der Waals surface area contributed by atoms with E-state index in [1.165, 1.54) is 38.5 Å². The highest BCUT2D eigenvalue weighted by Gasteiger charge is 2.23. The predicted octanol–water partition coefficient (Wildman–Crippen LogP) is 2.36. The van der Waals surface area contributed by atoms with Gasteiger partial charge in [-0.1, -0.05) is 38.5 Å². The van der Waals surface area contributed by atoms with Gasteiger partial charge in [0.15, 0.2) is 0 Å². The number of nitrogens with two attached hydrogens (primary N) is 1. The Morgan fingerprint density at radius 1 is 1.24 bits per heavy atom. The summed E-state index contributed by atoms with van der Waals surface area (Å²) in [5.41, 5.74) is 3.63. The zero-order valence-corrected chi connectivity index (χ0v) is 13.0. The Bertz CT molecular complexity index is 434. The van der Waals surface area contributed by atoms with E-state index in [0.717, 1.165) is 12.1 Å². The second-order valence-corrected chi connectivity index (χ2v) is 5.62. The molecule has 2 rings (SSSR count). The van der Waals surface area contributed by atoms with Crippen LogP contribution in [-0.4, -0.2) is 24.2 Å². The van der Waals surface area contributed by atoms with Crippen molar-refractivity contribution < 1.29 is 9.47 Å². The predicted molar refractivity (Wildman–Crippen MR) is 81.0 cm³/mol. The van der Waals surface area contributed by atoms with Gasteiger partial charge in [-0.25, -0.2) is 4.98 Å². The molecule has 1 fully saturated rings. The number of methoxy groups -OCH3 is 2. The highest BCUT2D eigenvalue weighted by atomic mass is 16.5. The monoisotopic (exact) mass is 294 g/mol. The van der Waals surface area contributed by atoms with E-state index in [4.69, 9.17) is 15.3 Å². The summed E-state index contributed by atoms with van der Waals surface area (Å²) in [4.78, 5) is 8.71. The fraction of sp³-hybridized carbons (Fsp3) is 0.733. The molecule has 0 amide bonds. The van der Waals surface area contributed by atoms with Gasteiger partial charge in [0, 0.05) is 0 Å². The molecule has 0 aliphatic heterocycles. The van der Waals surface area contributed by atoms with E-state index < -0.39 is 0 Å². The highest BCUT2D eigenvalue weighted by Crippen LogP contribution is 2.33. The summed E-state index contributed by atoms with van der Waals surface area (Å²) in [7, 11) is 3.15. The van der Waals surface area contributed by atoms with Gasteiger partial charge in [0.1, 0.15) is 5.69 Å². The molecule has 1 unspecified atom stereocenters. The Kier molecular flexibility index (Phi) is 6.20. The van der Waals surface area contributed by atoms with Crippen LogP contribution in [0.25, 0.3) is 0 Å². The third-order valence-corrected chi connectivity index (χ3v) is 4.22.